The van der Waals surface area contributed by atoms with Crippen LogP contribution in [0.4, 0.5) is 5.82 Å². The predicted molar refractivity (Wildman–Crippen MR) is 132 cm³/mol. The normalized spacial score (nSPS) is 13.4. The van der Waals surface area contributed by atoms with Gasteiger partial charge in [0.2, 0.25) is 0 Å². The number of hydrogen-bond donors (Lipinski definition) is 1. The van der Waals surface area contributed by atoms with Crippen molar-refractivity contribution in [1.82, 2.24) is 19.7 Å². The number of hydrogen-bond acceptors (Lipinski definition) is 4. The summed E-state index contributed by atoms with van der Waals surface area (Å²) in [6.07, 6.45) is 2.80. The molecule has 2 aromatic heterocycles. The van der Waals surface area contributed by atoms with Crippen molar-refractivity contribution < 1.29 is 9.59 Å². The molecule has 1 N–H and O–H groups in total. The van der Waals surface area contributed by atoms with Gasteiger partial charge in [-0.25, -0.2) is 9.67 Å². The molecule has 0 atom stereocenters. The number of nitrogens with zero attached hydrogens (tertiary/aromatic N) is 4. The molecule has 5 rings (SSSR count). The molecule has 4 aromatic rings. The number of carbonyl (C=O) groups is 2. The molecule has 0 radical (unpaired) electrons. The molecular formula is C27H27N5O2. The Balaban J connectivity index is 1.46. The summed E-state index contributed by atoms with van der Waals surface area (Å²) in [6, 6.07) is 21.1. The van der Waals surface area contributed by atoms with E-state index in [2.05, 4.69) is 22.5 Å². The molecule has 172 valence electrons. The molecule has 34 heavy (non-hydrogen) atoms. The van der Waals surface area contributed by atoms with Crippen molar-refractivity contribution in [2.24, 2.45) is 0 Å². The summed E-state index contributed by atoms with van der Waals surface area (Å²) in [5.41, 5.74) is 3.86. The van der Waals surface area contributed by atoms with Gasteiger partial charge in [0.1, 0.15) is 5.82 Å². The van der Waals surface area contributed by atoms with Gasteiger partial charge in [0.05, 0.1) is 5.39 Å². The van der Waals surface area contributed by atoms with Crippen molar-refractivity contribution in [3.05, 3.63) is 89.1 Å². The average Bonchev–Trinajstić information content (AvgIpc) is 3.52. The van der Waals surface area contributed by atoms with Gasteiger partial charge < -0.3 is 10.2 Å². The second kappa shape index (κ2) is 9.47. The van der Waals surface area contributed by atoms with Gasteiger partial charge >= 0.3 is 0 Å². The molecule has 7 nitrogen and oxygen atoms in total. The van der Waals surface area contributed by atoms with Crippen LogP contribution < -0.4 is 5.32 Å². The highest BCUT2D eigenvalue weighted by Gasteiger charge is 2.25. The first-order chi connectivity index (χ1) is 16.6. The highest BCUT2D eigenvalue weighted by molar-refractivity contribution is 6.06. The van der Waals surface area contributed by atoms with Crippen LogP contribution in [0.1, 0.15) is 44.8 Å². The lowest BCUT2D eigenvalue weighted by Gasteiger charge is -2.13. The van der Waals surface area contributed by atoms with Crippen LogP contribution >= 0.6 is 0 Å². The summed E-state index contributed by atoms with van der Waals surface area (Å²) in [4.78, 5) is 32.4. The smallest absolute Gasteiger partial charge is 0.275 e. The zero-order valence-electron chi connectivity index (χ0n) is 19.2. The Labute approximate surface area is 198 Å². The van der Waals surface area contributed by atoms with E-state index in [1.54, 1.807) is 22.9 Å². The fourth-order valence-electron chi connectivity index (χ4n) is 4.28. The lowest BCUT2D eigenvalue weighted by Crippen LogP contribution is -2.28. The monoisotopic (exact) mass is 453 g/mol. The summed E-state index contributed by atoms with van der Waals surface area (Å²) < 4.78 is 1.78. The van der Waals surface area contributed by atoms with Crippen molar-refractivity contribution in [1.29, 1.82) is 0 Å². The van der Waals surface area contributed by atoms with Gasteiger partial charge in [-0.05, 0) is 56.0 Å². The number of anilines is 1. The Morgan fingerprint density at radius 3 is 2.41 bits per heavy atom. The molecule has 0 bridgehead atoms. The fourth-order valence-corrected chi connectivity index (χ4v) is 4.28. The molecule has 0 aliphatic carbocycles. The van der Waals surface area contributed by atoms with Crippen molar-refractivity contribution in [2.45, 2.75) is 32.7 Å². The number of nitrogens with one attached hydrogen (secondary N) is 1. The van der Waals surface area contributed by atoms with E-state index in [-0.39, 0.29) is 11.8 Å². The number of benzene rings is 2. The standard InChI is InChI=1S/C27H27N5O2/c1-19-9-11-21(12-10-19)26(33)29-23-14-13-22-24(27(34)31-16-5-6-17-31)30-32(25(22)28-23)18-15-20-7-3-2-4-8-20/h2-4,7-14H,5-6,15-18H2,1H3,(H,28,29,33). The van der Waals surface area contributed by atoms with E-state index < -0.39 is 0 Å². The van der Waals surface area contributed by atoms with Crippen LogP contribution in [-0.2, 0) is 13.0 Å². The second-order valence-corrected chi connectivity index (χ2v) is 8.69. The molecule has 0 spiro atoms. The van der Waals surface area contributed by atoms with Crippen molar-refractivity contribution in [3.8, 4) is 0 Å². The molecule has 1 aliphatic rings. The van der Waals surface area contributed by atoms with E-state index in [1.807, 2.05) is 48.2 Å². The van der Waals surface area contributed by atoms with Crippen LogP contribution in [0.25, 0.3) is 11.0 Å². The topological polar surface area (TPSA) is 80.1 Å². The second-order valence-electron chi connectivity index (χ2n) is 8.69. The molecule has 0 saturated carbocycles. The van der Waals surface area contributed by atoms with Gasteiger partial charge in [-0.3, -0.25) is 9.59 Å². The molecule has 1 aliphatic heterocycles. The van der Waals surface area contributed by atoms with Crippen LogP contribution in [0.3, 0.4) is 0 Å². The van der Waals surface area contributed by atoms with Gasteiger partial charge in [-0.2, -0.15) is 5.10 Å². The van der Waals surface area contributed by atoms with Crippen molar-refractivity contribution in [2.75, 3.05) is 18.4 Å². The summed E-state index contributed by atoms with van der Waals surface area (Å²) in [5, 5.41) is 8.27. The zero-order valence-corrected chi connectivity index (χ0v) is 19.2. The third kappa shape index (κ3) is 4.55. The van der Waals surface area contributed by atoms with Crippen LogP contribution in [0, 0.1) is 6.92 Å². The number of aryl methyl sites for hydroxylation is 3. The number of rotatable bonds is 6. The lowest BCUT2D eigenvalue weighted by atomic mass is 10.1. The Hall–Kier alpha value is -4.00. The first-order valence-corrected chi connectivity index (χ1v) is 11.7. The highest BCUT2D eigenvalue weighted by atomic mass is 16.2. The van der Waals surface area contributed by atoms with Crippen LogP contribution in [0.2, 0.25) is 0 Å². The number of carbonyl (C=O) groups excluding carboxylic acids is 2. The van der Waals surface area contributed by atoms with E-state index in [0.29, 0.717) is 34.7 Å². The lowest BCUT2D eigenvalue weighted by molar-refractivity contribution is 0.0787. The van der Waals surface area contributed by atoms with E-state index in [1.165, 1.54) is 5.56 Å². The minimum Gasteiger partial charge on any atom is -0.337 e. The van der Waals surface area contributed by atoms with Crippen LogP contribution in [0.5, 0.6) is 0 Å². The largest absolute Gasteiger partial charge is 0.337 e. The van der Waals surface area contributed by atoms with E-state index >= 15 is 0 Å². The highest BCUT2D eigenvalue weighted by Crippen LogP contribution is 2.23. The van der Waals surface area contributed by atoms with Crippen LogP contribution in [0.15, 0.2) is 66.7 Å². The molecule has 1 fully saturated rings. The first kappa shape index (κ1) is 21.8. The first-order valence-electron chi connectivity index (χ1n) is 11.7. The molecule has 7 heteroatoms. The number of amides is 2. The number of likely N-dealkylation sites (tertiary alicyclic amines) is 1. The molecule has 2 amide bonds. The third-order valence-corrected chi connectivity index (χ3v) is 6.20. The Bertz CT molecular complexity index is 1320. The molecular weight excluding hydrogens is 426 g/mol. The molecule has 3 heterocycles. The maximum atomic E-state index is 13.2. The number of fused-ring (bicyclic) bond motifs is 1. The maximum absolute atomic E-state index is 13.2. The Morgan fingerprint density at radius 1 is 0.941 bits per heavy atom. The van der Waals surface area contributed by atoms with E-state index in [4.69, 9.17) is 4.98 Å². The van der Waals surface area contributed by atoms with Gasteiger partial charge in [0.25, 0.3) is 11.8 Å². The summed E-state index contributed by atoms with van der Waals surface area (Å²) >= 11 is 0. The zero-order chi connectivity index (χ0) is 23.5. The number of aromatic nitrogens is 3. The maximum Gasteiger partial charge on any atom is 0.275 e. The Morgan fingerprint density at radius 2 is 1.68 bits per heavy atom. The van der Waals surface area contributed by atoms with Crippen molar-refractivity contribution >= 4 is 28.7 Å². The SMILES string of the molecule is Cc1ccc(C(=O)Nc2ccc3c(C(=O)N4CCCC4)nn(CCc4ccccc4)c3n2)cc1. The average molecular weight is 454 g/mol. The molecule has 0 unspecified atom stereocenters. The number of pyridine rings is 1. The van der Waals surface area contributed by atoms with E-state index in [9.17, 15) is 9.59 Å². The quantitative estimate of drug-likeness (QED) is 0.467. The molecule has 2 aromatic carbocycles. The van der Waals surface area contributed by atoms with Gasteiger partial charge in [0.15, 0.2) is 11.3 Å². The van der Waals surface area contributed by atoms with E-state index in [0.717, 1.165) is 37.9 Å². The molecule has 1 saturated heterocycles. The van der Waals surface area contributed by atoms with Gasteiger partial charge in [-0.1, -0.05) is 48.0 Å². The summed E-state index contributed by atoms with van der Waals surface area (Å²) in [7, 11) is 0. The fraction of sp³-hybridized carbons (Fsp3) is 0.259. The predicted octanol–water partition coefficient (Wildman–Crippen LogP) is 4.47. The minimum atomic E-state index is -0.226. The van der Waals surface area contributed by atoms with Crippen molar-refractivity contribution in [3.63, 3.8) is 0 Å². The summed E-state index contributed by atoms with van der Waals surface area (Å²) in [5.74, 6) is 0.147. The third-order valence-electron chi connectivity index (χ3n) is 6.20. The summed E-state index contributed by atoms with van der Waals surface area (Å²) in [6.45, 7) is 4.08. The van der Waals surface area contributed by atoms with Gasteiger partial charge in [-0.15, -0.1) is 0 Å². The minimum absolute atomic E-state index is 0.0563. The van der Waals surface area contributed by atoms with Gasteiger partial charge in [0, 0.05) is 25.2 Å². The Kier molecular flexibility index (Phi) is 6.08. The van der Waals surface area contributed by atoms with Crippen LogP contribution in [-0.4, -0.2) is 44.6 Å².